The predicted octanol–water partition coefficient (Wildman–Crippen LogP) is 2.38. The fourth-order valence-electron chi connectivity index (χ4n) is 1.20. The number of rotatable bonds is 3. The van der Waals surface area contributed by atoms with Gasteiger partial charge in [-0.05, 0) is 27.2 Å². The van der Waals surface area contributed by atoms with Gasteiger partial charge in [-0.3, -0.25) is 0 Å². The minimum Gasteiger partial charge on any atom is -0.378 e. The van der Waals surface area contributed by atoms with Crippen LogP contribution in [0.2, 0.25) is 0 Å². The molecular formula is C9H16O. The molecule has 0 aromatic carbocycles. The minimum absolute atomic E-state index is 0.542. The summed E-state index contributed by atoms with van der Waals surface area (Å²) in [6.07, 6.45) is 4.08. The van der Waals surface area contributed by atoms with Crippen LogP contribution < -0.4 is 0 Å². The fraction of sp³-hybridized carbons (Fsp3) is 0.778. The molecule has 1 aliphatic carbocycles. The van der Waals surface area contributed by atoms with E-state index < -0.39 is 0 Å². The molecule has 0 aromatic rings. The Kier molecular flexibility index (Phi) is 2.50. The molecule has 0 heterocycles. The fourth-order valence-corrected chi connectivity index (χ4v) is 1.20. The average Bonchev–Trinajstić information content (AvgIpc) is 2.47. The van der Waals surface area contributed by atoms with E-state index in [0.29, 0.717) is 6.10 Å². The van der Waals surface area contributed by atoms with Gasteiger partial charge in [-0.25, -0.2) is 0 Å². The number of ether oxygens (including phenoxy) is 1. The summed E-state index contributed by atoms with van der Waals surface area (Å²) in [6, 6.07) is 0. The van der Waals surface area contributed by atoms with Crippen molar-refractivity contribution in [2.24, 2.45) is 5.92 Å². The van der Waals surface area contributed by atoms with Crippen LogP contribution in [0.15, 0.2) is 11.6 Å². The molecule has 1 heteroatoms. The summed E-state index contributed by atoms with van der Waals surface area (Å²) in [5.74, 6) is 0.727. The summed E-state index contributed by atoms with van der Waals surface area (Å²) in [6.45, 7) is 7.19. The molecule has 58 valence electrons. The largest absolute Gasteiger partial charge is 0.378 e. The van der Waals surface area contributed by atoms with Crippen LogP contribution in [0, 0.1) is 5.92 Å². The average molecular weight is 140 g/mol. The second kappa shape index (κ2) is 3.20. The molecule has 0 aliphatic heterocycles. The number of allylic oxidation sites excluding steroid dienone is 1. The molecule has 0 N–H and O–H groups in total. The smallest absolute Gasteiger partial charge is 0.0645 e. The Bertz CT molecular complexity index is 134. The second-order valence-electron chi connectivity index (χ2n) is 3.14. The summed E-state index contributed by atoms with van der Waals surface area (Å²) in [4.78, 5) is 0. The van der Waals surface area contributed by atoms with Gasteiger partial charge in [-0.1, -0.05) is 11.6 Å². The van der Waals surface area contributed by atoms with Crippen LogP contribution in [0.1, 0.15) is 27.2 Å². The van der Waals surface area contributed by atoms with Crippen molar-refractivity contribution >= 4 is 0 Å². The molecule has 0 spiro atoms. The highest BCUT2D eigenvalue weighted by atomic mass is 16.5. The Balaban J connectivity index is 2.19. The Morgan fingerprint density at radius 2 is 2.30 bits per heavy atom. The molecule has 0 bridgehead atoms. The van der Waals surface area contributed by atoms with Crippen LogP contribution in [0.4, 0.5) is 0 Å². The molecule has 0 radical (unpaired) electrons. The van der Waals surface area contributed by atoms with Crippen molar-refractivity contribution in [3.63, 3.8) is 0 Å². The zero-order chi connectivity index (χ0) is 7.56. The second-order valence-corrected chi connectivity index (χ2v) is 3.14. The molecule has 0 aromatic heterocycles. The highest BCUT2D eigenvalue weighted by Crippen LogP contribution is 2.35. The molecule has 0 saturated heterocycles. The van der Waals surface area contributed by atoms with Crippen molar-refractivity contribution in [2.75, 3.05) is 6.61 Å². The lowest BCUT2D eigenvalue weighted by Gasteiger charge is -1.95. The Labute approximate surface area is 63.1 Å². The van der Waals surface area contributed by atoms with Crippen molar-refractivity contribution in [2.45, 2.75) is 33.3 Å². The molecule has 1 saturated carbocycles. The van der Waals surface area contributed by atoms with Gasteiger partial charge in [-0.15, -0.1) is 0 Å². The van der Waals surface area contributed by atoms with Gasteiger partial charge in [0.2, 0.25) is 0 Å². The van der Waals surface area contributed by atoms with E-state index in [0.717, 1.165) is 12.5 Å². The van der Waals surface area contributed by atoms with E-state index in [4.69, 9.17) is 4.74 Å². The van der Waals surface area contributed by atoms with Crippen molar-refractivity contribution in [3.8, 4) is 0 Å². The maximum atomic E-state index is 5.42. The van der Waals surface area contributed by atoms with Gasteiger partial charge in [-0.2, -0.15) is 0 Å². The van der Waals surface area contributed by atoms with Gasteiger partial charge in [0.05, 0.1) is 6.10 Å². The van der Waals surface area contributed by atoms with Crippen LogP contribution in [0.25, 0.3) is 0 Å². The molecule has 10 heavy (non-hydrogen) atoms. The van der Waals surface area contributed by atoms with Gasteiger partial charge in [0.15, 0.2) is 0 Å². The molecular weight excluding hydrogens is 124 g/mol. The van der Waals surface area contributed by atoms with Gasteiger partial charge < -0.3 is 4.74 Å². The zero-order valence-corrected chi connectivity index (χ0v) is 7.05. The van der Waals surface area contributed by atoms with Crippen LogP contribution >= 0.6 is 0 Å². The van der Waals surface area contributed by atoms with Crippen LogP contribution in [0.3, 0.4) is 0 Å². The van der Waals surface area contributed by atoms with E-state index in [1.165, 1.54) is 12.0 Å². The summed E-state index contributed by atoms with van der Waals surface area (Å²) >= 11 is 0. The highest BCUT2D eigenvalue weighted by Gasteiger charge is 2.35. The van der Waals surface area contributed by atoms with Gasteiger partial charge >= 0.3 is 0 Å². The van der Waals surface area contributed by atoms with E-state index in [-0.39, 0.29) is 0 Å². The summed E-state index contributed by atoms with van der Waals surface area (Å²) in [7, 11) is 0. The lowest BCUT2D eigenvalue weighted by atomic mass is 10.2. The standard InChI is InChI=1S/C9H16O/c1-4-10-9-6-8(9)5-7(2)3/h5,8-9H,4,6H2,1-3H3/t8-,9+/m1/s1. The van der Waals surface area contributed by atoms with Crippen LogP contribution in [-0.2, 0) is 4.74 Å². The molecule has 1 fully saturated rings. The Morgan fingerprint density at radius 3 is 2.80 bits per heavy atom. The summed E-state index contributed by atoms with van der Waals surface area (Å²) < 4.78 is 5.42. The van der Waals surface area contributed by atoms with E-state index in [9.17, 15) is 0 Å². The summed E-state index contributed by atoms with van der Waals surface area (Å²) in [5, 5.41) is 0. The molecule has 1 rings (SSSR count). The van der Waals surface area contributed by atoms with E-state index in [1.807, 2.05) is 0 Å². The Morgan fingerprint density at radius 1 is 1.60 bits per heavy atom. The minimum atomic E-state index is 0.542. The third-order valence-corrected chi connectivity index (χ3v) is 1.71. The van der Waals surface area contributed by atoms with Crippen molar-refractivity contribution in [1.29, 1.82) is 0 Å². The van der Waals surface area contributed by atoms with Gasteiger partial charge in [0.1, 0.15) is 0 Å². The number of hydrogen-bond donors (Lipinski definition) is 0. The molecule has 2 atom stereocenters. The normalized spacial score (nSPS) is 29.9. The van der Waals surface area contributed by atoms with Crippen LogP contribution in [-0.4, -0.2) is 12.7 Å². The molecule has 1 nitrogen and oxygen atoms in total. The van der Waals surface area contributed by atoms with Crippen molar-refractivity contribution in [3.05, 3.63) is 11.6 Å². The first kappa shape index (κ1) is 7.80. The molecule has 0 amide bonds. The Hall–Kier alpha value is -0.300. The summed E-state index contributed by atoms with van der Waals surface area (Å²) in [5.41, 5.74) is 1.41. The highest BCUT2D eigenvalue weighted by molar-refractivity contribution is 5.08. The first-order chi connectivity index (χ1) is 4.74. The van der Waals surface area contributed by atoms with Gasteiger partial charge in [0, 0.05) is 12.5 Å². The SMILES string of the molecule is CCO[C@H]1C[C@H]1C=C(C)C. The first-order valence-electron chi connectivity index (χ1n) is 4.00. The molecule has 1 aliphatic rings. The van der Waals surface area contributed by atoms with Crippen molar-refractivity contribution in [1.82, 2.24) is 0 Å². The lowest BCUT2D eigenvalue weighted by molar-refractivity contribution is 0.126. The third kappa shape index (κ3) is 2.14. The maximum absolute atomic E-state index is 5.42. The third-order valence-electron chi connectivity index (χ3n) is 1.71. The molecule has 0 unspecified atom stereocenters. The van der Waals surface area contributed by atoms with Gasteiger partial charge in [0.25, 0.3) is 0 Å². The monoisotopic (exact) mass is 140 g/mol. The first-order valence-corrected chi connectivity index (χ1v) is 4.00. The maximum Gasteiger partial charge on any atom is 0.0645 e. The predicted molar refractivity (Wildman–Crippen MR) is 43.0 cm³/mol. The van der Waals surface area contributed by atoms with E-state index >= 15 is 0 Å². The van der Waals surface area contributed by atoms with Crippen molar-refractivity contribution < 1.29 is 4.74 Å². The quantitative estimate of drug-likeness (QED) is 0.547. The topological polar surface area (TPSA) is 9.23 Å². The van der Waals surface area contributed by atoms with E-state index in [1.54, 1.807) is 0 Å². The van der Waals surface area contributed by atoms with Crippen LogP contribution in [0.5, 0.6) is 0 Å². The zero-order valence-electron chi connectivity index (χ0n) is 7.05. The lowest BCUT2D eigenvalue weighted by Crippen LogP contribution is -1.94. The van der Waals surface area contributed by atoms with E-state index in [2.05, 4.69) is 26.8 Å². The number of hydrogen-bond acceptors (Lipinski definition) is 1.